The normalized spacial score (nSPS) is 11.2. The average molecular weight is 204 g/mol. The van der Waals surface area contributed by atoms with Crippen LogP contribution in [0.15, 0.2) is 35.6 Å². The molecule has 76 valence electrons. The monoisotopic (exact) mass is 204 g/mol. The van der Waals surface area contributed by atoms with Crippen molar-refractivity contribution < 1.29 is 9.46 Å². The third-order valence-corrected chi connectivity index (χ3v) is 2.03. The highest BCUT2D eigenvalue weighted by atomic mass is 16.5. The van der Waals surface area contributed by atoms with Gasteiger partial charge in [0.25, 0.3) is 17.2 Å². The van der Waals surface area contributed by atoms with Crippen molar-refractivity contribution in [1.82, 2.24) is 0 Å². The van der Waals surface area contributed by atoms with Gasteiger partial charge in [0, 0.05) is 12.1 Å². The second-order valence-corrected chi connectivity index (χ2v) is 2.94. The minimum absolute atomic E-state index is 0.103. The van der Waals surface area contributed by atoms with Gasteiger partial charge >= 0.3 is 5.69 Å². The van der Waals surface area contributed by atoms with E-state index in [2.05, 4.69) is 5.10 Å². The van der Waals surface area contributed by atoms with Gasteiger partial charge in [0.15, 0.2) is 0 Å². The van der Waals surface area contributed by atoms with Crippen LogP contribution in [0, 0.1) is 10.4 Å². The summed E-state index contributed by atoms with van der Waals surface area (Å²) in [6.07, 6.45) is 2.26. The maximum absolute atomic E-state index is 11.7. The Kier molecular flexibility index (Phi) is 2.09. The summed E-state index contributed by atoms with van der Waals surface area (Å²) >= 11 is 0. The Morgan fingerprint density at radius 3 is 2.53 bits per heavy atom. The van der Waals surface area contributed by atoms with Crippen LogP contribution in [-0.2, 0) is 0 Å². The number of hydrogen-bond acceptors (Lipinski definition) is 4. The Morgan fingerprint density at radius 1 is 1.20 bits per heavy atom. The van der Waals surface area contributed by atoms with Crippen LogP contribution in [0.4, 0.5) is 0 Å². The van der Waals surface area contributed by atoms with Gasteiger partial charge in [-0.1, -0.05) is 12.1 Å². The molecule has 0 aliphatic heterocycles. The van der Waals surface area contributed by atoms with Gasteiger partial charge in [-0.15, -0.1) is 0 Å². The molecule has 1 heterocycles. The van der Waals surface area contributed by atoms with E-state index in [4.69, 9.17) is 5.84 Å². The predicted molar refractivity (Wildman–Crippen MR) is 53.6 cm³/mol. The number of nitrogens with two attached hydrogens (primary N) is 1. The highest BCUT2D eigenvalue weighted by molar-refractivity contribution is 5.76. The molecule has 0 amide bonds. The van der Waals surface area contributed by atoms with Crippen molar-refractivity contribution in [3.63, 3.8) is 0 Å². The molecule has 0 atom stereocenters. The van der Waals surface area contributed by atoms with Crippen molar-refractivity contribution >= 4 is 17.2 Å². The molecular weight excluding hydrogens is 196 g/mol. The SMILES string of the molecule is N/N=C\c1c[n+]([O-])c2ccccc2[n+]1[O-]. The highest BCUT2D eigenvalue weighted by Gasteiger charge is 2.16. The van der Waals surface area contributed by atoms with Crippen LogP contribution in [-0.4, -0.2) is 6.21 Å². The lowest BCUT2D eigenvalue weighted by molar-refractivity contribution is -0.629. The van der Waals surface area contributed by atoms with Crippen LogP contribution in [0.3, 0.4) is 0 Å². The van der Waals surface area contributed by atoms with E-state index >= 15 is 0 Å². The van der Waals surface area contributed by atoms with Crippen LogP contribution in [0.1, 0.15) is 5.69 Å². The zero-order valence-corrected chi connectivity index (χ0v) is 7.70. The van der Waals surface area contributed by atoms with Gasteiger partial charge < -0.3 is 16.3 Å². The first-order valence-corrected chi connectivity index (χ1v) is 4.22. The van der Waals surface area contributed by atoms with Gasteiger partial charge in [-0.05, 0) is 0 Å². The largest absolute Gasteiger partial charge is 0.618 e. The van der Waals surface area contributed by atoms with Crippen LogP contribution < -0.4 is 15.3 Å². The lowest BCUT2D eigenvalue weighted by Crippen LogP contribution is -2.41. The third kappa shape index (κ3) is 1.41. The van der Waals surface area contributed by atoms with Gasteiger partial charge in [0.05, 0.1) is 0 Å². The summed E-state index contributed by atoms with van der Waals surface area (Å²) in [6.45, 7) is 0. The van der Waals surface area contributed by atoms with Gasteiger partial charge in [-0.2, -0.15) is 14.6 Å². The van der Waals surface area contributed by atoms with Crippen molar-refractivity contribution in [3.8, 4) is 0 Å². The first-order valence-electron chi connectivity index (χ1n) is 4.22. The molecule has 2 N–H and O–H groups in total. The van der Waals surface area contributed by atoms with Crippen LogP contribution in [0.25, 0.3) is 11.0 Å². The number of aromatic nitrogens is 2. The molecule has 0 bridgehead atoms. The first kappa shape index (κ1) is 9.20. The molecule has 2 aromatic rings. The summed E-state index contributed by atoms with van der Waals surface area (Å²) in [6, 6.07) is 6.50. The fourth-order valence-corrected chi connectivity index (χ4v) is 1.37. The Hall–Kier alpha value is -2.37. The Morgan fingerprint density at radius 2 is 1.87 bits per heavy atom. The molecule has 6 heteroatoms. The minimum Gasteiger partial charge on any atom is -0.618 e. The molecule has 0 unspecified atom stereocenters. The van der Waals surface area contributed by atoms with Crippen molar-refractivity contribution in [2.75, 3.05) is 0 Å². The van der Waals surface area contributed by atoms with E-state index in [-0.39, 0.29) is 11.2 Å². The van der Waals surface area contributed by atoms with Crippen LogP contribution in [0.2, 0.25) is 0 Å². The van der Waals surface area contributed by atoms with E-state index in [1.165, 1.54) is 0 Å². The average Bonchev–Trinajstić information content (AvgIpc) is 2.26. The van der Waals surface area contributed by atoms with E-state index in [9.17, 15) is 10.4 Å². The van der Waals surface area contributed by atoms with Gasteiger partial charge in [0.2, 0.25) is 0 Å². The molecule has 1 aromatic heterocycles. The Balaban J connectivity index is 2.84. The van der Waals surface area contributed by atoms with Crippen molar-refractivity contribution in [2.45, 2.75) is 0 Å². The number of hydrazone groups is 1. The molecule has 0 radical (unpaired) electrons. The summed E-state index contributed by atoms with van der Waals surface area (Å²) in [5.74, 6) is 4.93. The molecule has 6 nitrogen and oxygen atoms in total. The van der Waals surface area contributed by atoms with E-state index in [1.54, 1.807) is 24.3 Å². The maximum Gasteiger partial charge on any atom is 0.302 e. The summed E-state index contributed by atoms with van der Waals surface area (Å²) in [5, 5.41) is 26.4. The second-order valence-electron chi connectivity index (χ2n) is 2.94. The van der Waals surface area contributed by atoms with E-state index in [0.29, 0.717) is 15.0 Å². The van der Waals surface area contributed by atoms with Crippen molar-refractivity contribution in [2.24, 2.45) is 10.9 Å². The molecule has 15 heavy (non-hydrogen) atoms. The molecule has 0 aliphatic rings. The van der Waals surface area contributed by atoms with Gasteiger partial charge in [-0.25, -0.2) is 0 Å². The van der Waals surface area contributed by atoms with E-state index < -0.39 is 0 Å². The van der Waals surface area contributed by atoms with E-state index in [0.717, 1.165) is 12.4 Å². The second kappa shape index (κ2) is 3.41. The molecule has 0 aliphatic carbocycles. The molecule has 2 rings (SSSR count). The number of hydrogen-bond donors (Lipinski definition) is 1. The summed E-state index contributed by atoms with van der Waals surface area (Å²) < 4.78 is 1.22. The van der Waals surface area contributed by atoms with Crippen molar-refractivity contribution in [3.05, 3.63) is 46.6 Å². The number of benzene rings is 1. The number of para-hydroxylation sites is 2. The topological polar surface area (TPSA) is 92.3 Å². The predicted octanol–water partition coefficient (Wildman–Crippen LogP) is -0.601. The molecule has 0 saturated carbocycles. The number of fused-ring (bicyclic) bond motifs is 1. The third-order valence-electron chi connectivity index (χ3n) is 2.03. The summed E-state index contributed by atoms with van der Waals surface area (Å²) in [5.41, 5.74) is 0.692. The van der Waals surface area contributed by atoms with Crippen LogP contribution >= 0.6 is 0 Å². The van der Waals surface area contributed by atoms with Crippen molar-refractivity contribution in [1.29, 1.82) is 0 Å². The minimum atomic E-state index is 0.103. The molecule has 0 saturated heterocycles. The lowest BCUT2D eigenvalue weighted by Gasteiger charge is -2.04. The zero-order chi connectivity index (χ0) is 10.8. The summed E-state index contributed by atoms with van der Waals surface area (Å²) in [4.78, 5) is 0. The van der Waals surface area contributed by atoms with Crippen LogP contribution in [0.5, 0.6) is 0 Å². The first-order chi connectivity index (χ1) is 7.24. The van der Waals surface area contributed by atoms with Gasteiger partial charge in [0.1, 0.15) is 6.21 Å². The fourth-order valence-electron chi connectivity index (χ4n) is 1.37. The molecule has 0 spiro atoms. The standard InChI is InChI=1S/C9H8N4O2/c10-11-5-7-6-12(14)8-3-1-2-4-9(8)13(7)15/h1-6H,10H2/b11-5-. The number of rotatable bonds is 1. The Bertz CT molecular complexity index is 539. The lowest BCUT2D eigenvalue weighted by atomic mass is 10.3. The summed E-state index contributed by atoms with van der Waals surface area (Å²) in [7, 11) is 0. The smallest absolute Gasteiger partial charge is 0.302 e. The molecular formula is C9H8N4O2. The fraction of sp³-hybridized carbons (Fsp3) is 0. The Labute approximate surface area is 85.0 Å². The zero-order valence-electron chi connectivity index (χ0n) is 7.70. The number of nitrogens with zero attached hydrogens (tertiary/aromatic N) is 3. The van der Waals surface area contributed by atoms with E-state index in [1.807, 2.05) is 0 Å². The highest BCUT2D eigenvalue weighted by Crippen LogP contribution is 2.03. The van der Waals surface area contributed by atoms with Gasteiger partial charge in [-0.3, -0.25) is 0 Å². The molecule has 1 aromatic carbocycles. The quantitative estimate of drug-likeness (QED) is 0.221. The molecule has 0 fully saturated rings. The maximum atomic E-state index is 11.7.